The van der Waals surface area contributed by atoms with Gasteiger partial charge in [-0.25, -0.2) is 0 Å². The molecule has 269 valence electrons. The normalized spacial score (nSPS) is 12.0. The minimum Gasteiger partial charge on any atom is -0.512 e. The fourth-order valence-corrected chi connectivity index (χ4v) is 9.23. The number of carbonyl (C=O) groups is 1. The third kappa shape index (κ3) is 9.12. The van der Waals surface area contributed by atoms with Gasteiger partial charge in [-0.2, -0.15) is 0 Å². The van der Waals surface area contributed by atoms with Crippen LogP contribution in [0.5, 0.6) is 0 Å². The van der Waals surface area contributed by atoms with Crippen molar-refractivity contribution in [2.75, 3.05) is 0 Å². The molecule has 1 radical (unpaired) electrons. The summed E-state index contributed by atoms with van der Waals surface area (Å²) in [6.45, 7) is 19.4. The average molecular weight is 892 g/mol. The number of aliphatic hydroxyl groups excluding tert-OH is 1. The number of nitrogens with zero attached hydrogens (tertiary/aromatic N) is 2. The molecule has 0 unspecified atom stereocenters. The Kier molecular flexibility index (Phi) is 13.7. The van der Waals surface area contributed by atoms with E-state index in [1.807, 2.05) is 45.2 Å². The number of pyridine rings is 2. The Morgan fingerprint density at radius 1 is 0.843 bits per heavy atom. The summed E-state index contributed by atoms with van der Waals surface area (Å²) >= 11 is 1.86. The Morgan fingerprint density at radius 2 is 1.49 bits per heavy atom. The second-order valence-electron chi connectivity index (χ2n) is 14.4. The molecular weight excluding hydrogens is 841 g/mol. The summed E-state index contributed by atoms with van der Waals surface area (Å²) in [7, 11) is -1.38. The molecule has 0 saturated carbocycles. The van der Waals surface area contributed by atoms with Crippen molar-refractivity contribution in [1.82, 2.24) is 9.97 Å². The minimum atomic E-state index is -1.38. The third-order valence-electron chi connectivity index (χ3n) is 9.76. The van der Waals surface area contributed by atoms with Crippen LogP contribution in [-0.4, -0.2) is 28.9 Å². The zero-order valence-electron chi connectivity index (χ0n) is 31.5. The van der Waals surface area contributed by atoms with Crippen LogP contribution < -0.4 is 5.19 Å². The van der Waals surface area contributed by atoms with E-state index in [-0.39, 0.29) is 43.5 Å². The molecule has 7 heteroatoms. The molecule has 51 heavy (non-hydrogen) atoms. The molecule has 0 aliphatic carbocycles. The maximum atomic E-state index is 11.7. The van der Waals surface area contributed by atoms with E-state index in [0.717, 1.165) is 53.7 Å². The van der Waals surface area contributed by atoms with E-state index in [9.17, 15) is 9.90 Å². The van der Waals surface area contributed by atoms with Crippen molar-refractivity contribution in [3.05, 3.63) is 102 Å². The van der Waals surface area contributed by atoms with Crippen molar-refractivity contribution in [3.8, 4) is 22.4 Å². The molecule has 4 nitrogen and oxygen atoms in total. The summed E-state index contributed by atoms with van der Waals surface area (Å²) < 4.78 is 2.57. The number of aromatic nitrogens is 2. The van der Waals surface area contributed by atoms with E-state index in [0.29, 0.717) is 0 Å². The molecule has 0 fully saturated rings. The van der Waals surface area contributed by atoms with Gasteiger partial charge in [-0.1, -0.05) is 99.4 Å². The van der Waals surface area contributed by atoms with E-state index in [1.54, 1.807) is 0 Å². The van der Waals surface area contributed by atoms with Gasteiger partial charge in [0.05, 0.1) is 13.8 Å². The van der Waals surface area contributed by atoms with E-state index < -0.39 is 8.07 Å². The third-order valence-corrected chi connectivity index (χ3v) is 13.0. The van der Waals surface area contributed by atoms with E-state index in [4.69, 9.17) is 4.98 Å². The summed E-state index contributed by atoms with van der Waals surface area (Å²) in [5, 5.41) is 16.1. The van der Waals surface area contributed by atoms with E-state index in [1.165, 1.54) is 47.9 Å². The Bertz CT molecular complexity index is 2150. The molecule has 1 N–H and O–H groups in total. The largest absolute Gasteiger partial charge is 0.512 e. The number of aliphatic hydroxyl groups is 1. The first-order valence-corrected chi connectivity index (χ1v) is 22.4. The van der Waals surface area contributed by atoms with Crippen LogP contribution in [0.15, 0.2) is 84.8 Å². The van der Waals surface area contributed by atoms with Gasteiger partial charge in [-0.3, -0.25) is 14.8 Å². The van der Waals surface area contributed by atoms with Crippen LogP contribution in [0.4, 0.5) is 0 Å². The number of hydrogen-bond donors (Lipinski definition) is 1. The second kappa shape index (κ2) is 17.4. The van der Waals surface area contributed by atoms with Crippen LogP contribution in [0, 0.1) is 31.7 Å². The summed E-state index contributed by atoms with van der Waals surface area (Å²) in [5.74, 6) is 0.547. The van der Waals surface area contributed by atoms with Crippen molar-refractivity contribution >= 4 is 61.3 Å². The van der Waals surface area contributed by atoms with Gasteiger partial charge in [0.1, 0.15) is 0 Å². The maximum absolute atomic E-state index is 11.7. The molecule has 6 aromatic rings. The smallest absolute Gasteiger partial charge is 0.162 e. The van der Waals surface area contributed by atoms with Gasteiger partial charge in [-0.15, -0.1) is 34.9 Å². The van der Waals surface area contributed by atoms with Crippen molar-refractivity contribution in [2.24, 2.45) is 11.8 Å². The van der Waals surface area contributed by atoms with Crippen LogP contribution in [0.2, 0.25) is 19.6 Å². The number of benzene rings is 3. The van der Waals surface area contributed by atoms with E-state index in [2.05, 4.69) is 111 Å². The van der Waals surface area contributed by atoms with Gasteiger partial charge < -0.3 is 5.11 Å². The summed E-state index contributed by atoms with van der Waals surface area (Å²) in [5.41, 5.74) is 6.48. The number of hydrogen-bond acceptors (Lipinski definition) is 5. The predicted molar refractivity (Wildman–Crippen MR) is 218 cm³/mol. The number of thiophene rings is 1. The molecule has 3 aromatic carbocycles. The van der Waals surface area contributed by atoms with Crippen molar-refractivity contribution < 1.29 is 30.0 Å². The molecule has 3 aromatic heterocycles. The molecule has 6 rings (SSSR count). The number of ketones is 1. The number of allylic oxidation sites excluding steroid dienone is 2. The van der Waals surface area contributed by atoms with Crippen LogP contribution >= 0.6 is 11.3 Å². The van der Waals surface area contributed by atoms with Gasteiger partial charge in [0.25, 0.3) is 0 Å². The summed E-state index contributed by atoms with van der Waals surface area (Å²) in [6, 6.07) is 28.0. The van der Waals surface area contributed by atoms with E-state index >= 15 is 0 Å². The first-order chi connectivity index (χ1) is 23.9. The molecule has 0 aliphatic heterocycles. The molecule has 0 bridgehead atoms. The number of rotatable bonds is 10. The Labute approximate surface area is 322 Å². The first kappa shape index (κ1) is 40.3. The number of aryl methyl sites for hydroxylation is 2. The van der Waals surface area contributed by atoms with Gasteiger partial charge in [0.15, 0.2) is 5.78 Å². The fourth-order valence-electron chi connectivity index (χ4n) is 6.73. The summed E-state index contributed by atoms with van der Waals surface area (Å²) in [4.78, 5) is 21.2. The minimum absolute atomic E-state index is 0. The standard InChI is InChI=1S/C31H27N2SSi.C13H24O2.Ir/c1-19-14-22(15-20(2)33-19)28-17-23(16-21-8-6-7-9-25(21)28)30-31-27(12-13-32-30)26-11-10-24(35(3,4)5)18-29(26)34-31;1-5-10(6-2)12(14)9-13(15)11(7-3)8-4;/h6-15,17-18H,1-5H3;9-11,14H,5-8H2,1-4H3;/q-1;;/b;12-9-;. The monoisotopic (exact) mass is 892 g/mol. The second-order valence-corrected chi connectivity index (χ2v) is 20.5. The van der Waals surface area contributed by atoms with Crippen LogP contribution in [0.25, 0.3) is 53.3 Å². The average Bonchev–Trinajstić information content (AvgIpc) is 3.46. The first-order valence-electron chi connectivity index (χ1n) is 18.1. The Morgan fingerprint density at radius 3 is 2.12 bits per heavy atom. The van der Waals surface area contributed by atoms with Crippen molar-refractivity contribution in [2.45, 2.75) is 86.9 Å². The van der Waals surface area contributed by atoms with Crippen molar-refractivity contribution in [3.63, 3.8) is 0 Å². The fraction of sp³-hybridized carbons (Fsp3) is 0.341. The predicted octanol–water partition coefficient (Wildman–Crippen LogP) is 12.2. The molecule has 0 saturated heterocycles. The van der Waals surface area contributed by atoms with Gasteiger partial charge in [-0.05, 0) is 80.1 Å². The molecule has 0 aliphatic rings. The van der Waals surface area contributed by atoms with Gasteiger partial charge in [0.2, 0.25) is 0 Å². The molecular formula is C44H51IrN2O2SSi-. The summed E-state index contributed by atoms with van der Waals surface area (Å²) in [6.07, 6.45) is 6.85. The topological polar surface area (TPSA) is 63.1 Å². The number of fused-ring (bicyclic) bond motifs is 4. The van der Waals surface area contributed by atoms with Gasteiger partial charge in [0, 0.05) is 70.7 Å². The molecule has 0 amide bonds. The van der Waals surface area contributed by atoms with Crippen LogP contribution in [0.3, 0.4) is 0 Å². The van der Waals surface area contributed by atoms with Crippen LogP contribution in [0.1, 0.15) is 64.8 Å². The van der Waals surface area contributed by atoms with Crippen molar-refractivity contribution in [1.29, 1.82) is 0 Å². The molecule has 3 heterocycles. The Hall–Kier alpha value is -3.48. The van der Waals surface area contributed by atoms with Gasteiger partial charge >= 0.3 is 0 Å². The van der Waals surface area contributed by atoms with Crippen LogP contribution in [-0.2, 0) is 24.9 Å². The zero-order chi connectivity index (χ0) is 36.2. The quantitative estimate of drug-likeness (QED) is 0.0644. The number of carbonyl (C=O) groups excluding carboxylic acids is 1. The SMILES string of the molecule is CCC(CC)C(=O)/C=C(\O)C(CC)CC.Cc1cc(-c2cc(-c3nccc4c3sc3cc([Si](C)(C)C)ccc34)[c-]c3ccccc23)cc(C)n1.[Ir]. The molecule has 0 atom stereocenters. The Balaban J connectivity index is 0.000000312. The molecule has 0 spiro atoms. The zero-order valence-corrected chi connectivity index (χ0v) is 35.7. The maximum Gasteiger partial charge on any atom is 0.162 e.